The van der Waals surface area contributed by atoms with Crippen LogP contribution in [0, 0.1) is 0 Å². The number of carbonyl (C=O) groups excluding carboxylic acids is 1. The predicted molar refractivity (Wildman–Crippen MR) is 89.8 cm³/mol. The van der Waals surface area contributed by atoms with Crippen LogP contribution in [-0.4, -0.2) is 34.0 Å². The molecule has 3 rings (SSSR count). The third-order valence-electron chi connectivity index (χ3n) is 3.29. The molecule has 0 bridgehead atoms. The molecule has 1 amide bonds. The van der Waals surface area contributed by atoms with E-state index in [1.807, 2.05) is 22.8 Å². The zero-order valence-corrected chi connectivity index (χ0v) is 14.3. The minimum Gasteiger partial charge on any atom is -0.383 e. The van der Waals surface area contributed by atoms with Crippen LogP contribution < -0.4 is 4.80 Å². The maximum atomic E-state index is 12.3. The quantitative estimate of drug-likeness (QED) is 0.726. The second kappa shape index (κ2) is 6.66. The number of halogens is 1. The predicted octanol–water partition coefficient (Wildman–Crippen LogP) is 2.48. The van der Waals surface area contributed by atoms with Crippen molar-refractivity contribution < 1.29 is 9.53 Å². The first-order valence-electron chi connectivity index (χ1n) is 6.95. The van der Waals surface area contributed by atoms with Gasteiger partial charge < -0.3 is 9.30 Å². The second-order valence-electron chi connectivity index (χ2n) is 4.93. The molecule has 0 unspecified atom stereocenters. The molecule has 0 fully saturated rings. The van der Waals surface area contributed by atoms with Crippen LogP contribution in [0.2, 0.25) is 5.02 Å². The number of hydrogen-bond donors (Lipinski definition) is 0. The summed E-state index contributed by atoms with van der Waals surface area (Å²) in [5.41, 5.74) is 1.30. The van der Waals surface area contributed by atoms with E-state index in [2.05, 4.69) is 10.1 Å². The maximum Gasteiger partial charge on any atom is 0.300 e. The van der Waals surface area contributed by atoms with Crippen LogP contribution >= 0.6 is 22.9 Å². The molecule has 0 saturated heterocycles. The van der Waals surface area contributed by atoms with E-state index in [0.29, 0.717) is 28.7 Å². The fraction of sp³-hybridized carbons (Fsp3) is 0.267. The van der Waals surface area contributed by atoms with Gasteiger partial charge in [0.25, 0.3) is 5.91 Å². The standard InChI is InChI=1S/C15H15ClN4O2S/c1-19-6-5-11(18-19)14(21)17-15-20(7-8-22-2)12-4-3-10(16)9-13(12)23-15/h3-6,9H,7-8H2,1-2H3. The Hall–Kier alpha value is -1.96. The molecular weight excluding hydrogens is 336 g/mol. The number of fused-ring (bicyclic) bond motifs is 1. The average molecular weight is 351 g/mol. The zero-order valence-electron chi connectivity index (χ0n) is 12.7. The molecule has 0 N–H and O–H groups in total. The first-order chi connectivity index (χ1) is 11.1. The molecule has 0 atom stereocenters. The van der Waals surface area contributed by atoms with E-state index < -0.39 is 0 Å². The third kappa shape index (κ3) is 3.36. The summed E-state index contributed by atoms with van der Waals surface area (Å²) in [6.45, 7) is 1.13. The monoisotopic (exact) mass is 350 g/mol. The Balaban J connectivity index is 2.11. The molecule has 3 aromatic rings. The van der Waals surface area contributed by atoms with Gasteiger partial charge in [-0.1, -0.05) is 22.9 Å². The van der Waals surface area contributed by atoms with Gasteiger partial charge in [-0.2, -0.15) is 10.1 Å². The van der Waals surface area contributed by atoms with E-state index in [4.69, 9.17) is 16.3 Å². The fourth-order valence-electron chi connectivity index (χ4n) is 2.20. The molecule has 0 aliphatic carbocycles. The normalized spacial score (nSPS) is 12.2. The molecular formula is C15H15ClN4O2S. The minimum atomic E-state index is -0.366. The molecule has 8 heteroatoms. The summed E-state index contributed by atoms with van der Waals surface area (Å²) in [5, 5.41) is 4.74. The Labute approximate surface area is 141 Å². The Morgan fingerprint density at radius 1 is 1.43 bits per heavy atom. The molecule has 0 radical (unpaired) electrons. The number of amides is 1. The third-order valence-corrected chi connectivity index (χ3v) is 4.57. The van der Waals surface area contributed by atoms with Crippen LogP contribution in [0.5, 0.6) is 0 Å². The van der Waals surface area contributed by atoms with E-state index in [9.17, 15) is 4.79 Å². The summed E-state index contributed by atoms with van der Waals surface area (Å²) < 4.78 is 9.66. The first kappa shape index (κ1) is 15.9. The van der Waals surface area contributed by atoms with Crippen LogP contribution in [0.4, 0.5) is 0 Å². The van der Waals surface area contributed by atoms with Gasteiger partial charge in [0.05, 0.1) is 16.8 Å². The van der Waals surface area contributed by atoms with Crippen molar-refractivity contribution in [3.63, 3.8) is 0 Å². The number of thiazole rings is 1. The summed E-state index contributed by atoms with van der Waals surface area (Å²) in [5.74, 6) is -0.366. The molecule has 2 aromatic heterocycles. The van der Waals surface area contributed by atoms with Crippen molar-refractivity contribution in [3.8, 4) is 0 Å². The number of nitrogens with zero attached hydrogens (tertiary/aromatic N) is 4. The highest BCUT2D eigenvalue weighted by Crippen LogP contribution is 2.21. The molecule has 1 aromatic carbocycles. The van der Waals surface area contributed by atoms with Crippen molar-refractivity contribution in [3.05, 3.63) is 46.0 Å². The smallest absolute Gasteiger partial charge is 0.300 e. The minimum absolute atomic E-state index is 0.321. The van der Waals surface area contributed by atoms with Gasteiger partial charge in [0.2, 0.25) is 0 Å². The SMILES string of the molecule is COCCn1c(=NC(=O)c2ccn(C)n2)sc2cc(Cl)ccc21. The largest absolute Gasteiger partial charge is 0.383 e. The molecule has 6 nitrogen and oxygen atoms in total. The van der Waals surface area contributed by atoms with Crippen LogP contribution in [0.1, 0.15) is 10.5 Å². The van der Waals surface area contributed by atoms with E-state index in [0.717, 1.165) is 10.2 Å². The number of aryl methyl sites for hydroxylation is 1. The molecule has 0 aliphatic rings. The van der Waals surface area contributed by atoms with E-state index in [-0.39, 0.29) is 5.91 Å². The Morgan fingerprint density at radius 2 is 2.26 bits per heavy atom. The summed E-state index contributed by atoms with van der Waals surface area (Å²) in [4.78, 5) is 17.1. The van der Waals surface area contributed by atoms with Crippen LogP contribution in [0.3, 0.4) is 0 Å². The molecule has 0 spiro atoms. The van der Waals surface area contributed by atoms with Gasteiger partial charge in [-0.15, -0.1) is 0 Å². The molecule has 2 heterocycles. The van der Waals surface area contributed by atoms with Gasteiger partial charge in [0.15, 0.2) is 10.5 Å². The van der Waals surface area contributed by atoms with Crippen LogP contribution in [-0.2, 0) is 18.3 Å². The van der Waals surface area contributed by atoms with Crippen molar-refractivity contribution in [1.29, 1.82) is 0 Å². The van der Waals surface area contributed by atoms with Gasteiger partial charge in [-0.25, -0.2) is 0 Å². The van der Waals surface area contributed by atoms with Gasteiger partial charge in [0, 0.05) is 31.9 Å². The second-order valence-corrected chi connectivity index (χ2v) is 6.38. The van der Waals surface area contributed by atoms with Crippen molar-refractivity contribution in [1.82, 2.24) is 14.3 Å². The van der Waals surface area contributed by atoms with E-state index in [1.54, 1.807) is 31.1 Å². The van der Waals surface area contributed by atoms with Gasteiger partial charge >= 0.3 is 0 Å². The number of aromatic nitrogens is 3. The number of rotatable bonds is 4. The lowest BCUT2D eigenvalue weighted by atomic mass is 10.3. The van der Waals surface area contributed by atoms with Crippen molar-refractivity contribution in [2.75, 3.05) is 13.7 Å². The maximum absolute atomic E-state index is 12.3. The number of methoxy groups -OCH3 is 1. The van der Waals surface area contributed by atoms with Gasteiger partial charge in [0.1, 0.15) is 0 Å². The lowest BCUT2D eigenvalue weighted by molar-refractivity contribution is 0.0992. The summed E-state index contributed by atoms with van der Waals surface area (Å²) in [6, 6.07) is 7.27. The Morgan fingerprint density at radius 3 is 2.96 bits per heavy atom. The lowest BCUT2D eigenvalue weighted by Crippen LogP contribution is -2.19. The summed E-state index contributed by atoms with van der Waals surface area (Å²) in [7, 11) is 3.40. The number of ether oxygens (including phenoxy) is 1. The molecule has 120 valence electrons. The van der Waals surface area contributed by atoms with Crippen molar-refractivity contribution >= 4 is 39.1 Å². The topological polar surface area (TPSA) is 61.4 Å². The molecule has 0 aliphatic heterocycles. The lowest BCUT2D eigenvalue weighted by Gasteiger charge is -2.03. The van der Waals surface area contributed by atoms with Gasteiger partial charge in [-0.05, 0) is 24.3 Å². The molecule has 23 heavy (non-hydrogen) atoms. The summed E-state index contributed by atoms with van der Waals surface area (Å²) >= 11 is 7.47. The average Bonchev–Trinajstić information content (AvgIpc) is 3.08. The summed E-state index contributed by atoms with van der Waals surface area (Å²) in [6.07, 6.45) is 1.71. The van der Waals surface area contributed by atoms with Crippen LogP contribution in [0.15, 0.2) is 35.5 Å². The van der Waals surface area contributed by atoms with Crippen molar-refractivity contribution in [2.45, 2.75) is 6.54 Å². The van der Waals surface area contributed by atoms with Gasteiger partial charge in [-0.3, -0.25) is 9.48 Å². The fourth-order valence-corrected chi connectivity index (χ4v) is 3.53. The number of carbonyl (C=O) groups is 1. The van der Waals surface area contributed by atoms with Crippen molar-refractivity contribution in [2.24, 2.45) is 12.0 Å². The van der Waals surface area contributed by atoms with Crippen LogP contribution in [0.25, 0.3) is 10.2 Å². The van der Waals surface area contributed by atoms with E-state index in [1.165, 1.54) is 11.3 Å². The Kier molecular flexibility index (Phi) is 4.61. The number of hydrogen-bond acceptors (Lipinski definition) is 4. The molecule has 0 saturated carbocycles. The Bertz CT molecular complexity index is 925. The zero-order chi connectivity index (χ0) is 16.4. The highest BCUT2D eigenvalue weighted by Gasteiger charge is 2.11. The van der Waals surface area contributed by atoms with E-state index >= 15 is 0 Å². The highest BCUT2D eigenvalue weighted by atomic mass is 35.5. The highest BCUT2D eigenvalue weighted by molar-refractivity contribution is 7.16. The first-order valence-corrected chi connectivity index (χ1v) is 8.14. The number of benzene rings is 1.